The Morgan fingerprint density at radius 3 is 2.38 bits per heavy atom. The number of aromatic nitrogens is 2. The van der Waals surface area contributed by atoms with Crippen molar-refractivity contribution in [1.82, 2.24) is 19.4 Å². The molecule has 0 aliphatic carbocycles. The highest BCUT2D eigenvalue weighted by Gasteiger charge is 2.36. The van der Waals surface area contributed by atoms with E-state index in [1.807, 2.05) is 22.9 Å². The number of piperidine rings is 1. The van der Waals surface area contributed by atoms with Crippen molar-refractivity contribution in [2.45, 2.75) is 63.6 Å². The maximum absolute atomic E-state index is 13.0. The van der Waals surface area contributed by atoms with Crippen molar-refractivity contribution in [2.24, 2.45) is 11.3 Å². The molecule has 2 aliphatic rings. The highest BCUT2D eigenvalue weighted by molar-refractivity contribution is 7.92. The maximum atomic E-state index is 13.0. The van der Waals surface area contributed by atoms with Gasteiger partial charge in [0.05, 0.1) is 21.2 Å². The molecule has 1 aromatic heterocycles. The summed E-state index contributed by atoms with van der Waals surface area (Å²) < 4.78 is 28.4. The third-order valence-electron chi connectivity index (χ3n) is 6.79. The summed E-state index contributed by atoms with van der Waals surface area (Å²) in [6.45, 7) is 11.9. The van der Waals surface area contributed by atoms with Crippen LogP contribution in [-0.4, -0.2) is 72.2 Å². The van der Waals surface area contributed by atoms with Crippen LogP contribution in [-0.2, 0) is 27.6 Å². The summed E-state index contributed by atoms with van der Waals surface area (Å²) in [6, 6.07) is 5.46. The minimum Gasteiger partial charge on any atom is -0.343 e. The van der Waals surface area contributed by atoms with Crippen molar-refractivity contribution in [1.29, 1.82) is 0 Å². The van der Waals surface area contributed by atoms with Crippen molar-refractivity contribution < 1.29 is 13.2 Å². The smallest absolute Gasteiger partial charge is 0.219 e. The van der Waals surface area contributed by atoms with Crippen LogP contribution in [0.15, 0.2) is 23.1 Å². The number of hydrogen-bond donors (Lipinski definition) is 0. The minimum absolute atomic E-state index is 0.0720. The summed E-state index contributed by atoms with van der Waals surface area (Å²) in [6.07, 6.45) is 2.79. The first-order valence-corrected chi connectivity index (χ1v) is 13.2. The summed E-state index contributed by atoms with van der Waals surface area (Å²) in [7, 11) is -1.39. The number of rotatable bonds is 5. The Morgan fingerprint density at radius 1 is 1.16 bits per heavy atom. The van der Waals surface area contributed by atoms with Gasteiger partial charge in [0.15, 0.2) is 9.84 Å². The molecule has 0 saturated carbocycles. The first kappa shape index (κ1) is 23.2. The first-order chi connectivity index (χ1) is 14.9. The Balaban J connectivity index is 1.64. The van der Waals surface area contributed by atoms with E-state index in [2.05, 4.69) is 25.3 Å². The third kappa shape index (κ3) is 4.71. The standard InChI is InChI=1S/C24H36N4O3S/c1-17(29)27-10-8-18(9-11-27)14-28-22-7-6-19(32(30,31)20-15-26(5)16-20)12-21(22)25-23(28)13-24(2,3)4/h6-7,12,18,20H,8-11,13-16H2,1-5H3. The lowest BCUT2D eigenvalue weighted by Crippen LogP contribution is -2.52. The van der Waals surface area contributed by atoms with Crippen LogP contribution >= 0.6 is 0 Å². The highest BCUT2D eigenvalue weighted by atomic mass is 32.2. The molecule has 2 aromatic rings. The zero-order valence-corrected chi connectivity index (χ0v) is 20.8. The lowest BCUT2D eigenvalue weighted by atomic mass is 9.91. The molecule has 2 saturated heterocycles. The first-order valence-electron chi connectivity index (χ1n) is 11.6. The quantitative estimate of drug-likeness (QED) is 0.686. The molecule has 0 spiro atoms. The second-order valence-electron chi connectivity index (χ2n) is 10.9. The molecule has 2 fully saturated rings. The lowest BCUT2D eigenvalue weighted by molar-refractivity contribution is -0.130. The number of carbonyl (C=O) groups is 1. The molecule has 32 heavy (non-hydrogen) atoms. The number of amides is 1. The van der Waals surface area contributed by atoms with Gasteiger partial charge in [-0.2, -0.15) is 0 Å². The van der Waals surface area contributed by atoms with E-state index in [9.17, 15) is 13.2 Å². The van der Waals surface area contributed by atoms with Crippen LogP contribution in [0.2, 0.25) is 0 Å². The fraction of sp³-hybridized carbons (Fsp3) is 0.667. The summed E-state index contributed by atoms with van der Waals surface area (Å²) >= 11 is 0. The number of imidazole rings is 1. The van der Waals surface area contributed by atoms with Crippen LogP contribution in [0.4, 0.5) is 0 Å². The fourth-order valence-corrected chi connectivity index (χ4v) is 6.69. The van der Waals surface area contributed by atoms with E-state index < -0.39 is 9.84 Å². The summed E-state index contributed by atoms with van der Waals surface area (Å²) in [4.78, 5) is 20.9. The van der Waals surface area contributed by atoms with Crippen LogP contribution < -0.4 is 0 Å². The van der Waals surface area contributed by atoms with Gasteiger partial charge in [-0.3, -0.25) is 4.79 Å². The molecule has 0 N–H and O–H groups in total. The Hall–Kier alpha value is -1.93. The van der Waals surface area contributed by atoms with Crippen molar-refractivity contribution in [3.05, 3.63) is 24.0 Å². The predicted molar refractivity (Wildman–Crippen MR) is 126 cm³/mol. The van der Waals surface area contributed by atoms with Crippen molar-refractivity contribution in [3.8, 4) is 0 Å². The van der Waals surface area contributed by atoms with Gasteiger partial charge in [-0.05, 0) is 49.4 Å². The zero-order valence-electron chi connectivity index (χ0n) is 20.0. The Kier molecular flexibility index (Phi) is 6.13. The van der Waals surface area contributed by atoms with Gasteiger partial charge >= 0.3 is 0 Å². The van der Waals surface area contributed by atoms with Crippen LogP contribution in [0.25, 0.3) is 11.0 Å². The Morgan fingerprint density at radius 2 is 1.81 bits per heavy atom. The summed E-state index contributed by atoms with van der Waals surface area (Å²) in [5.74, 6) is 1.64. The largest absolute Gasteiger partial charge is 0.343 e. The van der Waals surface area contributed by atoms with Gasteiger partial charge < -0.3 is 14.4 Å². The number of carbonyl (C=O) groups excluding carboxylic acids is 1. The van der Waals surface area contributed by atoms with E-state index in [-0.39, 0.29) is 16.6 Å². The average molecular weight is 461 g/mol. The van der Waals surface area contributed by atoms with Gasteiger partial charge in [-0.1, -0.05) is 20.8 Å². The normalized spacial score (nSPS) is 19.5. The average Bonchev–Trinajstić information content (AvgIpc) is 3.00. The van der Waals surface area contributed by atoms with Crippen molar-refractivity contribution >= 4 is 26.8 Å². The predicted octanol–water partition coefficient (Wildman–Crippen LogP) is 2.97. The van der Waals surface area contributed by atoms with Gasteiger partial charge in [0.2, 0.25) is 5.91 Å². The van der Waals surface area contributed by atoms with Gasteiger partial charge in [-0.25, -0.2) is 13.4 Å². The molecule has 4 rings (SSSR count). The fourth-order valence-electron chi connectivity index (χ4n) is 4.87. The molecule has 0 bridgehead atoms. The van der Waals surface area contributed by atoms with Crippen molar-refractivity contribution in [2.75, 3.05) is 33.2 Å². The SMILES string of the molecule is CC(=O)N1CCC(Cn2c(CC(C)(C)C)nc3cc(S(=O)(=O)C4CN(C)C4)ccc32)CC1. The van der Waals surface area contributed by atoms with E-state index in [0.29, 0.717) is 23.9 Å². The molecule has 176 valence electrons. The van der Waals surface area contributed by atoms with Gasteiger partial charge in [0, 0.05) is 46.1 Å². The summed E-state index contributed by atoms with van der Waals surface area (Å²) in [5, 5.41) is -0.326. The van der Waals surface area contributed by atoms with E-state index >= 15 is 0 Å². The monoisotopic (exact) mass is 460 g/mol. The second-order valence-corrected chi connectivity index (χ2v) is 13.1. The second kappa shape index (κ2) is 8.45. The number of sulfone groups is 1. The molecule has 2 aliphatic heterocycles. The molecule has 0 radical (unpaired) electrons. The molecule has 7 nitrogen and oxygen atoms in total. The molecule has 0 atom stereocenters. The molecular weight excluding hydrogens is 424 g/mol. The molecule has 3 heterocycles. The van der Waals surface area contributed by atoms with Gasteiger partial charge in [-0.15, -0.1) is 0 Å². The number of nitrogens with zero attached hydrogens (tertiary/aromatic N) is 4. The van der Waals surface area contributed by atoms with Crippen LogP contribution in [0.1, 0.15) is 46.4 Å². The Bertz CT molecular complexity index is 1100. The summed E-state index contributed by atoms with van der Waals surface area (Å²) in [5.41, 5.74) is 1.84. The Labute approximate surface area is 191 Å². The number of benzene rings is 1. The highest BCUT2D eigenvalue weighted by Crippen LogP contribution is 2.30. The van der Waals surface area contributed by atoms with Crippen LogP contribution in [0.5, 0.6) is 0 Å². The van der Waals surface area contributed by atoms with E-state index in [4.69, 9.17) is 4.98 Å². The topological polar surface area (TPSA) is 75.5 Å². The van der Waals surface area contributed by atoms with Crippen LogP contribution in [0, 0.1) is 11.3 Å². The number of hydrogen-bond acceptors (Lipinski definition) is 5. The van der Waals surface area contributed by atoms with Crippen LogP contribution in [0.3, 0.4) is 0 Å². The minimum atomic E-state index is -3.34. The van der Waals surface area contributed by atoms with Crippen molar-refractivity contribution in [3.63, 3.8) is 0 Å². The molecule has 0 unspecified atom stereocenters. The van der Waals surface area contributed by atoms with E-state index in [1.54, 1.807) is 19.1 Å². The van der Waals surface area contributed by atoms with E-state index in [0.717, 1.165) is 55.8 Å². The molecule has 8 heteroatoms. The molecule has 1 amide bonds. The third-order valence-corrected chi connectivity index (χ3v) is 8.87. The molecule has 1 aromatic carbocycles. The zero-order chi connectivity index (χ0) is 23.3. The number of fused-ring (bicyclic) bond motifs is 1. The lowest BCUT2D eigenvalue weighted by Gasteiger charge is -2.35. The maximum Gasteiger partial charge on any atom is 0.219 e. The number of likely N-dealkylation sites (tertiary alicyclic amines) is 2. The van der Waals surface area contributed by atoms with Gasteiger partial charge in [0.25, 0.3) is 0 Å². The molecular formula is C24H36N4O3S. The van der Waals surface area contributed by atoms with Gasteiger partial charge in [0.1, 0.15) is 5.82 Å². The van der Waals surface area contributed by atoms with E-state index in [1.165, 1.54) is 0 Å².